The Bertz CT molecular complexity index is 170. The van der Waals surface area contributed by atoms with Crippen LogP contribution in [-0.2, 0) is 13.3 Å². The van der Waals surface area contributed by atoms with E-state index < -0.39 is 9.53 Å². The van der Waals surface area contributed by atoms with Gasteiger partial charge in [-0.15, -0.1) is 0 Å². The molecule has 0 spiro atoms. The smallest absolute Gasteiger partial charge is 0.376 e. The lowest BCUT2D eigenvalue weighted by Gasteiger charge is -2.20. The highest BCUT2D eigenvalue weighted by Gasteiger charge is 2.17. The van der Waals surface area contributed by atoms with Crippen molar-refractivity contribution in [3.8, 4) is 0 Å². The summed E-state index contributed by atoms with van der Waals surface area (Å²) < 4.78 is 16.9. The molecule has 0 heterocycles. The van der Waals surface area contributed by atoms with Gasteiger partial charge in [-0.05, 0) is 33.1 Å². The third-order valence-electron chi connectivity index (χ3n) is 2.84. The Morgan fingerprint density at radius 1 is 0.833 bits per heavy atom. The molecule has 1 unspecified atom stereocenters. The van der Waals surface area contributed by atoms with Crippen molar-refractivity contribution in [1.29, 1.82) is 0 Å². The van der Waals surface area contributed by atoms with Gasteiger partial charge in [-0.1, -0.05) is 39.5 Å². The van der Waals surface area contributed by atoms with E-state index in [1.54, 1.807) is 0 Å². The van der Waals surface area contributed by atoms with Crippen LogP contribution in [0.1, 0.15) is 66.7 Å². The molecule has 1 atom stereocenters. The molecule has 0 bridgehead atoms. The van der Waals surface area contributed by atoms with Crippen molar-refractivity contribution in [2.24, 2.45) is 5.92 Å². The molecular formula is C14H32O3Si. The Balaban J connectivity index is 3.57. The Morgan fingerprint density at radius 2 is 1.39 bits per heavy atom. The van der Waals surface area contributed by atoms with Gasteiger partial charge in [-0.2, -0.15) is 0 Å². The highest BCUT2D eigenvalue weighted by atomic mass is 28.3. The zero-order valence-electron chi connectivity index (χ0n) is 12.9. The third kappa shape index (κ3) is 11.2. The lowest BCUT2D eigenvalue weighted by atomic mass is 10.0. The lowest BCUT2D eigenvalue weighted by Crippen LogP contribution is -2.31. The molecule has 0 radical (unpaired) electrons. The Kier molecular flexibility index (Phi) is 12.2. The summed E-state index contributed by atoms with van der Waals surface area (Å²) in [6.07, 6.45) is 6.60. The number of hydrogen-bond acceptors (Lipinski definition) is 3. The molecule has 0 aromatic heterocycles. The molecule has 3 nitrogen and oxygen atoms in total. The van der Waals surface area contributed by atoms with Crippen LogP contribution in [-0.4, -0.2) is 28.8 Å². The van der Waals surface area contributed by atoms with Crippen LogP contribution < -0.4 is 0 Å². The number of hydrogen-bond donors (Lipinski definition) is 0. The molecule has 0 fully saturated rings. The fourth-order valence-corrected chi connectivity index (χ4v) is 3.13. The molecule has 0 aliphatic carbocycles. The summed E-state index contributed by atoms with van der Waals surface area (Å²) in [7, 11) is -1.87. The van der Waals surface area contributed by atoms with E-state index in [1.807, 2.05) is 13.8 Å². The van der Waals surface area contributed by atoms with Crippen LogP contribution in [0.5, 0.6) is 0 Å². The molecule has 0 N–H and O–H groups in total. The van der Waals surface area contributed by atoms with Crippen LogP contribution in [0.15, 0.2) is 0 Å². The SMILES string of the molecule is CCO[SiH](OCC)OC(C)CCCCCC(C)C. The van der Waals surface area contributed by atoms with Gasteiger partial charge in [0.15, 0.2) is 0 Å². The molecule has 0 rings (SSSR count). The van der Waals surface area contributed by atoms with Gasteiger partial charge in [0.05, 0.1) is 0 Å². The van der Waals surface area contributed by atoms with Crippen LogP contribution in [0, 0.1) is 5.92 Å². The van der Waals surface area contributed by atoms with E-state index in [1.165, 1.54) is 25.7 Å². The van der Waals surface area contributed by atoms with Crippen LogP contribution in [0.2, 0.25) is 0 Å². The second-order valence-corrected chi connectivity index (χ2v) is 6.69. The molecule has 0 aromatic carbocycles. The topological polar surface area (TPSA) is 27.7 Å². The van der Waals surface area contributed by atoms with E-state index in [-0.39, 0.29) is 6.10 Å². The lowest BCUT2D eigenvalue weighted by molar-refractivity contribution is 0.0659. The monoisotopic (exact) mass is 276 g/mol. The van der Waals surface area contributed by atoms with E-state index >= 15 is 0 Å². The summed E-state index contributed by atoms with van der Waals surface area (Å²) in [6.45, 7) is 12.0. The molecule has 0 aromatic rings. The quantitative estimate of drug-likeness (QED) is 0.401. The summed E-state index contributed by atoms with van der Waals surface area (Å²) in [4.78, 5) is 0. The minimum atomic E-state index is -1.87. The van der Waals surface area contributed by atoms with Crippen molar-refractivity contribution < 1.29 is 13.3 Å². The minimum absolute atomic E-state index is 0.263. The van der Waals surface area contributed by atoms with Crippen LogP contribution in [0.25, 0.3) is 0 Å². The average Bonchev–Trinajstić information content (AvgIpc) is 2.28. The van der Waals surface area contributed by atoms with Crippen molar-refractivity contribution in [2.45, 2.75) is 72.8 Å². The van der Waals surface area contributed by atoms with Gasteiger partial charge in [0, 0.05) is 19.3 Å². The molecule has 0 aliphatic heterocycles. The van der Waals surface area contributed by atoms with Crippen molar-refractivity contribution >= 4 is 9.53 Å². The van der Waals surface area contributed by atoms with Crippen LogP contribution in [0.4, 0.5) is 0 Å². The highest BCUT2D eigenvalue weighted by molar-refractivity contribution is 6.36. The van der Waals surface area contributed by atoms with Crippen molar-refractivity contribution in [3.63, 3.8) is 0 Å². The first-order chi connectivity index (χ1) is 8.60. The third-order valence-corrected chi connectivity index (χ3v) is 4.74. The molecule has 0 amide bonds. The molecule has 110 valence electrons. The maximum absolute atomic E-state index is 5.85. The van der Waals surface area contributed by atoms with Gasteiger partial charge < -0.3 is 13.3 Å². The first-order valence-electron chi connectivity index (χ1n) is 7.48. The molecule has 4 heteroatoms. The van der Waals surface area contributed by atoms with Crippen molar-refractivity contribution in [3.05, 3.63) is 0 Å². The molecule has 18 heavy (non-hydrogen) atoms. The maximum atomic E-state index is 5.85. The Hall–Kier alpha value is 0.0969. The van der Waals surface area contributed by atoms with Crippen LogP contribution >= 0.6 is 0 Å². The zero-order valence-corrected chi connectivity index (χ0v) is 14.1. The summed E-state index contributed by atoms with van der Waals surface area (Å²) in [5.41, 5.74) is 0. The van der Waals surface area contributed by atoms with Gasteiger partial charge in [-0.3, -0.25) is 0 Å². The second-order valence-electron chi connectivity index (χ2n) is 5.18. The summed E-state index contributed by atoms with van der Waals surface area (Å²) >= 11 is 0. The van der Waals surface area contributed by atoms with E-state index in [2.05, 4.69) is 20.8 Å². The second kappa shape index (κ2) is 12.1. The van der Waals surface area contributed by atoms with Gasteiger partial charge in [0.2, 0.25) is 0 Å². The fourth-order valence-electron chi connectivity index (χ4n) is 1.82. The van der Waals surface area contributed by atoms with E-state index in [0.717, 1.165) is 12.3 Å². The minimum Gasteiger partial charge on any atom is -0.376 e. The van der Waals surface area contributed by atoms with Gasteiger partial charge >= 0.3 is 9.53 Å². The van der Waals surface area contributed by atoms with Crippen molar-refractivity contribution in [2.75, 3.05) is 13.2 Å². The Morgan fingerprint density at radius 3 is 1.89 bits per heavy atom. The van der Waals surface area contributed by atoms with E-state index in [4.69, 9.17) is 13.3 Å². The molecule has 0 aliphatic rings. The van der Waals surface area contributed by atoms with Crippen molar-refractivity contribution in [1.82, 2.24) is 0 Å². The van der Waals surface area contributed by atoms with E-state index in [9.17, 15) is 0 Å². The maximum Gasteiger partial charge on any atom is 0.484 e. The standard InChI is InChI=1S/C14H32O3Si/c1-6-15-18(16-7-2)17-14(5)12-10-8-9-11-13(3)4/h13-14,18H,6-12H2,1-5H3. The molecular weight excluding hydrogens is 244 g/mol. The van der Waals surface area contributed by atoms with E-state index in [0.29, 0.717) is 13.2 Å². The summed E-state index contributed by atoms with van der Waals surface area (Å²) in [5, 5.41) is 0. The fraction of sp³-hybridized carbons (Fsp3) is 1.00. The van der Waals surface area contributed by atoms with Gasteiger partial charge in [0.1, 0.15) is 0 Å². The summed E-state index contributed by atoms with van der Waals surface area (Å²) in [5.74, 6) is 0.825. The first kappa shape index (κ1) is 18.1. The number of rotatable bonds is 12. The highest BCUT2D eigenvalue weighted by Crippen LogP contribution is 2.12. The predicted molar refractivity (Wildman–Crippen MR) is 78.9 cm³/mol. The molecule has 0 saturated carbocycles. The number of unbranched alkanes of at least 4 members (excludes halogenated alkanes) is 2. The molecule has 0 saturated heterocycles. The Labute approximate surface area is 115 Å². The van der Waals surface area contributed by atoms with Gasteiger partial charge in [-0.25, -0.2) is 0 Å². The predicted octanol–water partition coefficient (Wildman–Crippen LogP) is 3.79. The summed E-state index contributed by atoms with van der Waals surface area (Å²) in [6, 6.07) is 0. The largest absolute Gasteiger partial charge is 0.484 e. The average molecular weight is 276 g/mol. The van der Waals surface area contributed by atoms with Crippen LogP contribution in [0.3, 0.4) is 0 Å². The van der Waals surface area contributed by atoms with Gasteiger partial charge in [0.25, 0.3) is 0 Å². The normalized spacial score (nSPS) is 13.5. The zero-order chi connectivity index (χ0) is 13.8. The first-order valence-corrected chi connectivity index (χ1v) is 8.90.